The van der Waals surface area contributed by atoms with Crippen molar-refractivity contribution >= 4 is 11.6 Å². The Balaban J connectivity index is 2.14. The molecule has 4 nitrogen and oxygen atoms in total. The summed E-state index contributed by atoms with van der Waals surface area (Å²) in [7, 11) is 0. The summed E-state index contributed by atoms with van der Waals surface area (Å²) in [5.74, 6) is 0.600. The summed E-state index contributed by atoms with van der Waals surface area (Å²) in [4.78, 5) is 12.3. The van der Waals surface area contributed by atoms with Gasteiger partial charge in [0.1, 0.15) is 11.8 Å². The minimum absolute atomic E-state index is 0.0445. The van der Waals surface area contributed by atoms with Crippen LogP contribution in [-0.2, 0) is 4.79 Å². The maximum atomic E-state index is 12.3. The summed E-state index contributed by atoms with van der Waals surface area (Å²) in [6.45, 7) is 4.39. The van der Waals surface area contributed by atoms with Gasteiger partial charge in [0.25, 0.3) is 0 Å². The Labute approximate surface area is 119 Å². The Morgan fingerprint density at radius 1 is 1.45 bits per heavy atom. The molecule has 0 aromatic heterocycles. The first-order valence-corrected chi connectivity index (χ1v) is 7.07. The lowest BCUT2D eigenvalue weighted by atomic mass is 9.88. The van der Waals surface area contributed by atoms with Crippen LogP contribution in [0.5, 0.6) is 5.75 Å². The largest absolute Gasteiger partial charge is 0.492 e. The topological polar surface area (TPSA) is 62.1 Å². The zero-order valence-corrected chi connectivity index (χ0v) is 12.0. The molecule has 0 spiro atoms. The number of hydrogen-bond acceptors (Lipinski definition) is 3. The van der Waals surface area contributed by atoms with E-state index in [1.807, 2.05) is 13.8 Å². The summed E-state index contributed by atoms with van der Waals surface area (Å²) < 4.78 is 5.37. The second-order valence-corrected chi connectivity index (χ2v) is 5.48. The van der Waals surface area contributed by atoms with Gasteiger partial charge in [0.15, 0.2) is 0 Å². The van der Waals surface area contributed by atoms with Crippen LogP contribution in [0, 0.1) is 16.7 Å². The van der Waals surface area contributed by atoms with Crippen LogP contribution in [0.3, 0.4) is 0 Å². The maximum Gasteiger partial charge on any atom is 0.230 e. The second-order valence-electron chi connectivity index (χ2n) is 5.48. The van der Waals surface area contributed by atoms with E-state index in [9.17, 15) is 4.79 Å². The van der Waals surface area contributed by atoms with E-state index < -0.39 is 0 Å². The molecule has 1 saturated carbocycles. The molecule has 106 valence electrons. The second kappa shape index (κ2) is 5.96. The summed E-state index contributed by atoms with van der Waals surface area (Å²) in [6, 6.07) is 7.28. The van der Waals surface area contributed by atoms with Gasteiger partial charge in [0.2, 0.25) is 5.91 Å². The Hall–Kier alpha value is -2.02. The highest BCUT2D eigenvalue weighted by Crippen LogP contribution is 2.38. The van der Waals surface area contributed by atoms with E-state index in [0.717, 1.165) is 25.7 Å². The molecule has 1 aromatic rings. The zero-order chi connectivity index (χ0) is 14.6. The molecular weight excluding hydrogens is 252 g/mol. The number of nitrogens with one attached hydrogen (secondary N) is 1. The lowest BCUT2D eigenvalue weighted by Crippen LogP contribution is -2.30. The third kappa shape index (κ3) is 2.93. The number of rotatable bonds is 4. The third-order valence-corrected chi connectivity index (χ3v) is 3.91. The summed E-state index contributed by atoms with van der Waals surface area (Å²) in [5.41, 5.74) is 0.829. The van der Waals surface area contributed by atoms with Crippen molar-refractivity contribution < 1.29 is 9.53 Å². The van der Waals surface area contributed by atoms with Crippen LogP contribution >= 0.6 is 0 Å². The molecule has 0 bridgehead atoms. The number of benzene rings is 1. The molecule has 1 aliphatic rings. The van der Waals surface area contributed by atoms with Gasteiger partial charge in [-0.2, -0.15) is 5.26 Å². The van der Waals surface area contributed by atoms with Gasteiger partial charge in [-0.05, 0) is 38.0 Å². The summed E-state index contributed by atoms with van der Waals surface area (Å²) >= 11 is 0. The number of nitriles is 1. The highest BCUT2D eigenvalue weighted by atomic mass is 16.5. The molecule has 1 aliphatic carbocycles. The van der Waals surface area contributed by atoms with Crippen LogP contribution in [0.4, 0.5) is 5.69 Å². The molecule has 1 aromatic carbocycles. The van der Waals surface area contributed by atoms with Crippen molar-refractivity contribution in [1.29, 1.82) is 5.26 Å². The first-order valence-electron chi connectivity index (χ1n) is 7.07. The van der Waals surface area contributed by atoms with Gasteiger partial charge in [0, 0.05) is 11.1 Å². The Bertz CT molecular complexity index is 540. The maximum absolute atomic E-state index is 12.3. The van der Waals surface area contributed by atoms with Gasteiger partial charge < -0.3 is 10.1 Å². The number of anilines is 1. The van der Waals surface area contributed by atoms with Crippen molar-refractivity contribution in [2.75, 3.05) is 11.9 Å². The standard InChI is InChI=1S/C16H20N2O2/c1-3-20-14-7-6-13(10-12(14)11-17)18-15(19)16(2)8-4-5-9-16/h6-7,10H,3-5,8-9H2,1-2H3,(H,18,19). The molecule has 0 radical (unpaired) electrons. The Kier molecular flexibility index (Phi) is 4.29. The number of hydrogen-bond donors (Lipinski definition) is 1. The smallest absolute Gasteiger partial charge is 0.230 e. The highest BCUT2D eigenvalue weighted by Gasteiger charge is 2.36. The average Bonchev–Trinajstić information content (AvgIpc) is 2.89. The van der Waals surface area contributed by atoms with Crippen LogP contribution in [0.25, 0.3) is 0 Å². The van der Waals surface area contributed by atoms with E-state index in [0.29, 0.717) is 23.6 Å². The predicted octanol–water partition coefficient (Wildman–Crippen LogP) is 3.48. The fourth-order valence-electron chi connectivity index (χ4n) is 2.64. The highest BCUT2D eigenvalue weighted by molar-refractivity contribution is 5.95. The van der Waals surface area contributed by atoms with E-state index in [1.165, 1.54) is 0 Å². The van der Waals surface area contributed by atoms with Gasteiger partial charge in [-0.25, -0.2) is 0 Å². The quantitative estimate of drug-likeness (QED) is 0.912. The lowest BCUT2D eigenvalue weighted by Gasteiger charge is -2.22. The lowest BCUT2D eigenvalue weighted by molar-refractivity contribution is -0.124. The van der Waals surface area contributed by atoms with E-state index >= 15 is 0 Å². The molecule has 1 fully saturated rings. The Morgan fingerprint density at radius 3 is 2.75 bits per heavy atom. The molecule has 1 amide bonds. The fourth-order valence-corrected chi connectivity index (χ4v) is 2.64. The van der Waals surface area contributed by atoms with Crippen LogP contribution in [0.1, 0.15) is 45.1 Å². The zero-order valence-electron chi connectivity index (χ0n) is 12.0. The molecular formula is C16H20N2O2. The van der Waals surface area contributed by atoms with Gasteiger partial charge in [-0.15, -0.1) is 0 Å². The Morgan fingerprint density at radius 2 is 2.15 bits per heavy atom. The predicted molar refractivity (Wildman–Crippen MR) is 77.5 cm³/mol. The van der Waals surface area contributed by atoms with Crippen molar-refractivity contribution in [3.63, 3.8) is 0 Å². The van der Waals surface area contributed by atoms with Gasteiger partial charge in [0.05, 0.1) is 12.2 Å². The molecule has 0 unspecified atom stereocenters. The fraction of sp³-hybridized carbons (Fsp3) is 0.500. The summed E-state index contributed by atoms with van der Waals surface area (Å²) in [5, 5.41) is 12.0. The molecule has 1 N–H and O–H groups in total. The minimum Gasteiger partial charge on any atom is -0.492 e. The molecule has 2 rings (SSSR count). The van der Waals surface area contributed by atoms with Crippen LogP contribution < -0.4 is 10.1 Å². The minimum atomic E-state index is -0.272. The normalized spacial score (nSPS) is 16.4. The number of ether oxygens (including phenoxy) is 1. The van der Waals surface area contributed by atoms with E-state index in [4.69, 9.17) is 10.00 Å². The average molecular weight is 272 g/mol. The first kappa shape index (κ1) is 14.4. The van der Waals surface area contributed by atoms with Crippen molar-refractivity contribution in [3.8, 4) is 11.8 Å². The van der Waals surface area contributed by atoms with E-state index in [-0.39, 0.29) is 11.3 Å². The SMILES string of the molecule is CCOc1ccc(NC(=O)C2(C)CCCC2)cc1C#N. The van der Waals surface area contributed by atoms with Gasteiger partial charge in [-0.1, -0.05) is 19.8 Å². The van der Waals surface area contributed by atoms with E-state index in [2.05, 4.69) is 11.4 Å². The van der Waals surface area contributed by atoms with Gasteiger partial charge in [-0.3, -0.25) is 4.79 Å². The molecule has 0 aliphatic heterocycles. The molecule has 4 heteroatoms. The molecule has 0 saturated heterocycles. The molecule has 0 heterocycles. The number of nitrogens with zero attached hydrogens (tertiary/aromatic N) is 1. The van der Waals surface area contributed by atoms with Crippen molar-refractivity contribution in [3.05, 3.63) is 23.8 Å². The van der Waals surface area contributed by atoms with Crippen LogP contribution in [0.15, 0.2) is 18.2 Å². The third-order valence-electron chi connectivity index (χ3n) is 3.91. The van der Waals surface area contributed by atoms with Crippen molar-refractivity contribution in [2.45, 2.75) is 39.5 Å². The van der Waals surface area contributed by atoms with Crippen LogP contribution in [-0.4, -0.2) is 12.5 Å². The monoisotopic (exact) mass is 272 g/mol. The molecule has 20 heavy (non-hydrogen) atoms. The number of carbonyl (C=O) groups excluding carboxylic acids is 1. The first-order chi connectivity index (χ1) is 9.59. The van der Waals surface area contributed by atoms with Gasteiger partial charge >= 0.3 is 0 Å². The van der Waals surface area contributed by atoms with Crippen LogP contribution in [0.2, 0.25) is 0 Å². The van der Waals surface area contributed by atoms with Crippen molar-refractivity contribution in [1.82, 2.24) is 0 Å². The summed E-state index contributed by atoms with van der Waals surface area (Å²) in [6.07, 6.45) is 4.08. The number of amides is 1. The van der Waals surface area contributed by atoms with Crippen molar-refractivity contribution in [2.24, 2.45) is 5.41 Å². The van der Waals surface area contributed by atoms with E-state index in [1.54, 1.807) is 18.2 Å². The molecule has 0 atom stereocenters. The number of carbonyl (C=O) groups is 1.